The molecule has 3 N–H and O–H groups in total. The Morgan fingerprint density at radius 2 is 1.77 bits per heavy atom. The van der Waals surface area contributed by atoms with Gasteiger partial charge in [-0.25, -0.2) is 15.2 Å². The van der Waals surface area contributed by atoms with Crippen molar-refractivity contribution in [2.24, 2.45) is 0 Å². The highest BCUT2D eigenvalue weighted by Crippen LogP contribution is 2.25. The fraction of sp³-hybridized carbons (Fsp3) is 0.208. The summed E-state index contributed by atoms with van der Waals surface area (Å²) in [6, 6.07) is 16.1. The number of urea groups is 1. The summed E-state index contributed by atoms with van der Waals surface area (Å²) in [5, 5.41) is 3.66. The molecule has 0 fully saturated rings. The topological polar surface area (TPSA) is 92.4 Å². The maximum atomic E-state index is 12.5. The molecule has 7 nitrogen and oxygen atoms in total. The van der Waals surface area contributed by atoms with E-state index < -0.39 is 17.5 Å². The van der Waals surface area contributed by atoms with Gasteiger partial charge in [0.1, 0.15) is 11.4 Å². The number of methoxy groups -OCH3 is 1. The van der Waals surface area contributed by atoms with Crippen molar-refractivity contribution in [3.05, 3.63) is 78.0 Å². The van der Waals surface area contributed by atoms with Crippen LogP contribution in [0.4, 0.5) is 4.79 Å². The number of allylic oxidation sites excluding steroid dienone is 1. The normalized spacial score (nSPS) is 11.0. The lowest BCUT2D eigenvalue weighted by atomic mass is 9.92. The second kappa shape index (κ2) is 8.87. The number of carbonyl (C=O) groups excluding carboxylic acids is 2. The number of pyridine rings is 1. The smallest absolute Gasteiger partial charge is 0.334 e. The highest BCUT2D eigenvalue weighted by atomic mass is 16.5. The summed E-state index contributed by atoms with van der Waals surface area (Å²) < 4.78 is 5.36. The zero-order valence-electron chi connectivity index (χ0n) is 18.1. The average Bonchev–Trinajstić information content (AvgIpc) is 2.76. The summed E-state index contributed by atoms with van der Waals surface area (Å²) in [4.78, 5) is 29.3. The minimum absolute atomic E-state index is 0.129. The van der Waals surface area contributed by atoms with Gasteiger partial charge in [-0.15, -0.1) is 0 Å². The van der Waals surface area contributed by atoms with Crippen molar-refractivity contribution in [2.45, 2.75) is 26.3 Å². The maximum Gasteiger partial charge on any atom is 0.334 e. The van der Waals surface area contributed by atoms with Crippen LogP contribution >= 0.6 is 0 Å². The number of hydrogen-bond acceptors (Lipinski definition) is 4. The van der Waals surface area contributed by atoms with Crippen LogP contribution in [0.3, 0.4) is 0 Å². The summed E-state index contributed by atoms with van der Waals surface area (Å²) in [5.74, 6) is -0.0278. The predicted molar refractivity (Wildman–Crippen MR) is 122 cm³/mol. The van der Waals surface area contributed by atoms with Crippen LogP contribution in [0.2, 0.25) is 0 Å². The van der Waals surface area contributed by atoms with E-state index in [2.05, 4.69) is 27.7 Å². The lowest BCUT2D eigenvalue weighted by molar-refractivity contribution is 0.0930. The van der Waals surface area contributed by atoms with Crippen molar-refractivity contribution in [3.8, 4) is 5.75 Å². The molecule has 0 atom stereocenters. The zero-order valence-corrected chi connectivity index (χ0v) is 18.1. The molecule has 2 aromatic carbocycles. The SMILES string of the molecule is C=C(C)c1cccc(C(C)(C)NC(=O)NNC(=O)c2cc(OC)c3ccccc3n2)c1. The van der Waals surface area contributed by atoms with Gasteiger partial charge in [0, 0.05) is 11.5 Å². The number of hydrazine groups is 1. The van der Waals surface area contributed by atoms with Gasteiger partial charge in [0.05, 0.1) is 18.2 Å². The minimum Gasteiger partial charge on any atom is -0.496 e. The van der Waals surface area contributed by atoms with E-state index >= 15 is 0 Å². The number of hydrogen-bond donors (Lipinski definition) is 3. The molecule has 160 valence electrons. The first-order valence-corrected chi connectivity index (χ1v) is 9.80. The van der Waals surface area contributed by atoms with Crippen molar-refractivity contribution < 1.29 is 14.3 Å². The minimum atomic E-state index is -0.676. The van der Waals surface area contributed by atoms with E-state index in [0.29, 0.717) is 11.3 Å². The lowest BCUT2D eigenvalue weighted by Crippen LogP contribution is -2.52. The van der Waals surface area contributed by atoms with E-state index in [9.17, 15) is 9.59 Å². The molecule has 0 saturated heterocycles. The number of nitrogens with one attached hydrogen (secondary N) is 3. The Kier molecular flexibility index (Phi) is 6.25. The van der Waals surface area contributed by atoms with Crippen LogP contribution in [0.15, 0.2) is 61.2 Å². The molecule has 0 unspecified atom stereocenters. The molecule has 3 aromatic rings. The molecule has 0 aliphatic heterocycles. The van der Waals surface area contributed by atoms with Crippen LogP contribution in [0.5, 0.6) is 5.75 Å². The van der Waals surface area contributed by atoms with Crippen molar-refractivity contribution in [3.63, 3.8) is 0 Å². The van der Waals surface area contributed by atoms with Gasteiger partial charge in [-0.1, -0.05) is 42.5 Å². The fourth-order valence-corrected chi connectivity index (χ4v) is 3.17. The zero-order chi connectivity index (χ0) is 22.6. The van der Waals surface area contributed by atoms with Crippen molar-refractivity contribution in [1.29, 1.82) is 0 Å². The first-order valence-electron chi connectivity index (χ1n) is 9.80. The Hall–Kier alpha value is -3.87. The molecule has 0 radical (unpaired) electrons. The molecular weight excluding hydrogens is 392 g/mol. The number of amides is 3. The van der Waals surface area contributed by atoms with Crippen LogP contribution in [-0.2, 0) is 5.54 Å². The molecular formula is C24H26N4O3. The van der Waals surface area contributed by atoms with Crippen LogP contribution in [0, 0.1) is 0 Å². The molecule has 0 aliphatic carbocycles. The van der Waals surface area contributed by atoms with Crippen LogP contribution in [-0.4, -0.2) is 24.0 Å². The summed E-state index contributed by atoms with van der Waals surface area (Å²) in [6.45, 7) is 9.64. The van der Waals surface area contributed by atoms with E-state index in [4.69, 9.17) is 4.74 Å². The lowest BCUT2D eigenvalue weighted by Gasteiger charge is -2.27. The fourth-order valence-electron chi connectivity index (χ4n) is 3.17. The molecule has 3 rings (SSSR count). The molecule has 0 spiro atoms. The Morgan fingerprint density at radius 1 is 1.03 bits per heavy atom. The number of ether oxygens (including phenoxy) is 1. The first kappa shape index (κ1) is 21.8. The Labute approximate surface area is 181 Å². The Morgan fingerprint density at radius 3 is 2.48 bits per heavy atom. The molecule has 1 aromatic heterocycles. The number of rotatable bonds is 5. The van der Waals surface area contributed by atoms with Gasteiger partial charge < -0.3 is 10.1 Å². The number of carbonyl (C=O) groups is 2. The maximum absolute atomic E-state index is 12.5. The third-order valence-corrected chi connectivity index (χ3v) is 4.92. The van der Waals surface area contributed by atoms with E-state index in [1.807, 2.05) is 63.2 Å². The van der Waals surface area contributed by atoms with Crippen molar-refractivity contribution in [2.75, 3.05) is 7.11 Å². The first-order chi connectivity index (χ1) is 14.7. The second-order valence-electron chi connectivity index (χ2n) is 7.75. The van der Waals surface area contributed by atoms with Gasteiger partial charge in [0.2, 0.25) is 0 Å². The van der Waals surface area contributed by atoms with Crippen LogP contribution < -0.4 is 20.9 Å². The van der Waals surface area contributed by atoms with E-state index in [0.717, 1.165) is 22.1 Å². The van der Waals surface area contributed by atoms with Gasteiger partial charge >= 0.3 is 6.03 Å². The molecule has 31 heavy (non-hydrogen) atoms. The molecule has 3 amide bonds. The Balaban J connectivity index is 1.68. The molecule has 0 aliphatic rings. The van der Waals surface area contributed by atoms with Gasteiger partial charge in [-0.3, -0.25) is 10.2 Å². The van der Waals surface area contributed by atoms with E-state index in [1.54, 1.807) is 6.07 Å². The number of aromatic nitrogens is 1. The van der Waals surface area contributed by atoms with Crippen LogP contribution in [0.25, 0.3) is 16.5 Å². The number of fused-ring (bicyclic) bond motifs is 1. The molecule has 1 heterocycles. The van der Waals surface area contributed by atoms with Gasteiger partial charge in [-0.2, -0.15) is 0 Å². The van der Waals surface area contributed by atoms with Crippen LogP contribution in [0.1, 0.15) is 42.4 Å². The predicted octanol–water partition coefficient (Wildman–Crippen LogP) is 4.16. The summed E-state index contributed by atoms with van der Waals surface area (Å²) >= 11 is 0. The number of benzene rings is 2. The van der Waals surface area contributed by atoms with E-state index in [-0.39, 0.29) is 5.69 Å². The highest BCUT2D eigenvalue weighted by molar-refractivity contribution is 5.97. The quantitative estimate of drug-likeness (QED) is 0.543. The summed E-state index contributed by atoms with van der Waals surface area (Å²) in [5.41, 5.74) is 7.69. The monoisotopic (exact) mass is 418 g/mol. The largest absolute Gasteiger partial charge is 0.496 e. The van der Waals surface area contributed by atoms with Crippen molar-refractivity contribution >= 4 is 28.4 Å². The van der Waals surface area contributed by atoms with Crippen molar-refractivity contribution in [1.82, 2.24) is 21.2 Å². The van der Waals surface area contributed by atoms with Gasteiger partial charge in [0.25, 0.3) is 5.91 Å². The molecule has 7 heteroatoms. The molecule has 0 bridgehead atoms. The standard InChI is InChI=1S/C24H26N4O3/c1-15(2)16-9-8-10-17(13-16)24(3,4)26-23(30)28-27-22(29)20-14-21(31-5)18-11-6-7-12-19(18)25-20/h6-14H,1H2,2-5H3,(H,27,29)(H2,26,28,30). The van der Waals surface area contributed by atoms with Gasteiger partial charge in [0.15, 0.2) is 0 Å². The third kappa shape index (κ3) is 5.01. The Bertz CT molecular complexity index is 1150. The highest BCUT2D eigenvalue weighted by Gasteiger charge is 2.23. The number of nitrogens with zero attached hydrogens (tertiary/aromatic N) is 1. The summed E-state index contributed by atoms with van der Waals surface area (Å²) in [6.07, 6.45) is 0. The van der Waals surface area contributed by atoms with Gasteiger partial charge in [-0.05, 0) is 50.1 Å². The van der Waals surface area contributed by atoms with E-state index in [1.165, 1.54) is 13.2 Å². The second-order valence-corrected chi connectivity index (χ2v) is 7.75. The summed E-state index contributed by atoms with van der Waals surface area (Å²) in [7, 11) is 1.53. The molecule has 0 saturated carbocycles. The average molecular weight is 418 g/mol. The number of para-hydroxylation sites is 1. The third-order valence-electron chi connectivity index (χ3n) is 4.92.